The summed E-state index contributed by atoms with van der Waals surface area (Å²) in [5.41, 5.74) is 0.584. The lowest BCUT2D eigenvalue weighted by molar-refractivity contribution is -0.123. The van der Waals surface area contributed by atoms with Gasteiger partial charge in [0, 0.05) is 23.0 Å². The van der Waals surface area contributed by atoms with Crippen molar-refractivity contribution in [3.63, 3.8) is 0 Å². The van der Waals surface area contributed by atoms with Crippen molar-refractivity contribution < 1.29 is 34.4 Å². The number of allylic oxidation sites excluding steroid dienone is 4. The van der Waals surface area contributed by atoms with Crippen LogP contribution in [0.15, 0.2) is 35.2 Å². The molecule has 1 atom stereocenters. The van der Waals surface area contributed by atoms with Crippen LogP contribution < -0.4 is 10.1 Å². The summed E-state index contributed by atoms with van der Waals surface area (Å²) < 4.78 is 5.79. The van der Waals surface area contributed by atoms with Crippen molar-refractivity contribution in [3.8, 4) is 23.0 Å². The van der Waals surface area contributed by atoms with Crippen molar-refractivity contribution in [2.75, 3.05) is 5.32 Å². The van der Waals surface area contributed by atoms with E-state index in [-0.39, 0.29) is 51.2 Å². The predicted molar refractivity (Wildman–Crippen MR) is 134 cm³/mol. The lowest BCUT2D eigenvalue weighted by Crippen LogP contribution is -2.40. The molecular formula is C28H29NO7. The molecule has 8 nitrogen and oxygen atoms in total. The molecule has 188 valence electrons. The summed E-state index contributed by atoms with van der Waals surface area (Å²) >= 11 is 0. The van der Waals surface area contributed by atoms with Gasteiger partial charge in [0.25, 0.3) is 0 Å². The number of fused-ring (bicyclic) bond motifs is 3. The number of hydrogen-bond acceptors (Lipinski definition) is 8. The fraction of sp³-hybridized carbons (Fsp3) is 0.321. The number of nitrogens with one attached hydrogen (secondary N) is 1. The summed E-state index contributed by atoms with van der Waals surface area (Å²) in [7, 11) is 0. The van der Waals surface area contributed by atoms with E-state index in [0.717, 1.165) is 5.56 Å². The Kier molecular flexibility index (Phi) is 5.74. The number of benzene rings is 2. The molecule has 0 saturated carbocycles. The number of aryl methyl sites for hydroxylation is 1. The van der Waals surface area contributed by atoms with Crippen molar-refractivity contribution in [2.24, 2.45) is 0 Å². The van der Waals surface area contributed by atoms with E-state index in [2.05, 4.69) is 5.32 Å². The molecule has 0 amide bonds. The average molecular weight is 492 g/mol. The number of aromatic hydroxyl groups is 3. The van der Waals surface area contributed by atoms with E-state index in [1.165, 1.54) is 26.8 Å². The fourth-order valence-corrected chi connectivity index (χ4v) is 4.93. The van der Waals surface area contributed by atoms with Crippen LogP contribution in [-0.4, -0.2) is 32.7 Å². The Morgan fingerprint density at radius 2 is 1.69 bits per heavy atom. The van der Waals surface area contributed by atoms with Gasteiger partial charge >= 0.3 is 0 Å². The molecule has 2 aliphatic rings. The zero-order chi connectivity index (χ0) is 26.9. The number of carbonyl (C=O) groups excluding carboxylic acids is 3. The Morgan fingerprint density at radius 1 is 1.06 bits per heavy atom. The largest absolute Gasteiger partial charge is 0.508 e. The molecule has 0 spiro atoms. The third-order valence-electron chi connectivity index (χ3n) is 7.08. The molecule has 4 N–H and O–H groups in total. The van der Waals surface area contributed by atoms with Gasteiger partial charge in [0.15, 0.2) is 17.3 Å². The summed E-state index contributed by atoms with van der Waals surface area (Å²) in [5.74, 6) is -2.44. The highest BCUT2D eigenvalue weighted by atomic mass is 16.5. The lowest BCUT2D eigenvalue weighted by atomic mass is 9.70. The van der Waals surface area contributed by atoms with E-state index in [9.17, 15) is 29.7 Å². The SMILES string of the molecule is CC(=O)c1c(O)c(C)c(O)c2c1OC1=CC(=O)/C(=C(/C)Nc3cc(C(C)C)c(O)cc3C)C(=O)[C@@]12C. The van der Waals surface area contributed by atoms with Gasteiger partial charge in [0.2, 0.25) is 0 Å². The third kappa shape index (κ3) is 3.39. The molecule has 2 aromatic carbocycles. The van der Waals surface area contributed by atoms with Crippen molar-refractivity contribution >= 4 is 23.0 Å². The van der Waals surface area contributed by atoms with Crippen LogP contribution in [0.4, 0.5) is 5.69 Å². The van der Waals surface area contributed by atoms with Gasteiger partial charge in [0.05, 0.1) is 11.1 Å². The quantitative estimate of drug-likeness (QED) is 0.207. The molecule has 0 bridgehead atoms. The minimum atomic E-state index is -1.58. The van der Waals surface area contributed by atoms with Crippen LogP contribution in [-0.2, 0) is 15.0 Å². The summed E-state index contributed by atoms with van der Waals surface area (Å²) in [6.45, 7) is 11.5. The lowest BCUT2D eigenvalue weighted by Gasteiger charge is -2.29. The molecule has 0 unspecified atom stereocenters. The van der Waals surface area contributed by atoms with E-state index in [0.29, 0.717) is 16.9 Å². The first kappa shape index (κ1) is 25.0. The number of Topliss-reactive ketones (excluding diaryl/α,β-unsaturated/α-hetero) is 2. The molecule has 8 heteroatoms. The van der Waals surface area contributed by atoms with Crippen LogP contribution in [0.25, 0.3) is 0 Å². The predicted octanol–water partition coefficient (Wildman–Crippen LogP) is 4.82. The van der Waals surface area contributed by atoms with Gasteiger partial charge in [0.1, 0.15) is 39.7 Å². The van der Waals surface area contributed by atoms with Gasteiger partial charge in [-0.15, -0.1) is 0 Å². The molecule has 0 saturated heterocycles. The van der Waals surface area contributed by atoms with Gasteiger partial charge in [-0.1, -0.05) is 13.8 Å². The molecule has 1 aliphatic heterocycles. The summed E-state index contributed by atoms with van der Waals surface area (Å²) in [5, 5.41) is 34.8. The normalized spacial score (nSPS) is 20.1. The highest BCUT2D eigenvalue weighted by molar-refractivity contribution is 6.31. The number of anilines is 1. The summed E-state index contributed by atoms with van der Waals surface area (Å²) in [6, 6.07) is 3.41. The van der Waals surface area contributed by atoms with Crippen molar-refractivity contribution in [2.45, 2.75) is 59.8 Å². The topological polar surface area (TPSA) is 133 Å². The van der Waals surface area contributed by atoms with Crippen LogP contribution in [0.5, 0.6) is 23.0 Å². The minimum absolute atomic E-state index is 0.0187. The number of ketones is 3. The zero-order valence-corrected chi connectivity index (χ0v) is 21.3. The number of ether oxygens (including phenoxy) is 1. The second-order valence-electron chi connectivity index (χ2n) is 9.89. The van der Waals surface area contributed by atoms with Crippen molar-refractivity contribution in [3.05, 3.63) is 63.1 Å². The molecule has 4 rings (SSSR count). The van der Waals surface area contributed by atoms with Crippen LogP contribution in [0.1, 0.15) is 73.1 Å². The molecule has 1 heterocycles. The van der Waals surface area contributed by atoms with E-state index in [1.54, 1.807) is 26.0 Å². The minimum Gasteiger partial charge on any atom is -0.508 e. The van der Waals surface area contributed by atoms with Crippen LogP contribution in [0.2, 0.25) is 0 Å². The van der Waals surface area contributed by atoms with Gasteiger partial charge in [-0.25, -0.2) is 0 Å². The average Bonchev–Trinajstić information content (AvgIpc) is 3.06. The van der Waals surface area contributed by atoms with Crippen molar-refractivity contribution in [1.29, 1.82) is 0 Å². The zero-order valence-electron chi connectivity index (χ0n) is 21.3. The number of phenolic OH excluding ortho intramolecular Hbond substituents is 3. The second-order valence-corrected chi connectivity index (χ2v) is 9.89. The Morgan fingerprint density at radius 3 is 2.28 bits per heavy atom. The maximum atomic E-state index is 13.9. The molecule has 0 radical (unpaired) electrons. The Bertz CT molecular complexity index is 1440. The molecule has 2 aromatic rings. The highest BCUT2D eigenvalue weighted by Gasteiger charge is 2.56. The van der Waals surface area contributed by atoms with Gasteiger partial charge in [-0.3, -0.25) is 14.4 Å². The maximum Gasteiger partial charge on any atom is 0.194 e. The Labute approximate surface area is 208 Å². The molecular weight excluding hydrogens is 462 g/mol. The van der Waals surface area contributed by atoms with Gasteiger partial charge in [-0.05, 0) is 63.8 Å². The van der Waals surface area contributed by atoms with Crippen LogP contribution >= 0.6 is 0 Å². The van der Waals surface area contributed by atoms with Crippen LogP contribution in [0, 0.1) is 13.8 Å². The van der Waals surface area contributed by atoms with E-state index < -0.39 is 28.5 Å². The maximum absolute atomic E-state index is 13.9. The summed E-state index contributed by atoms with van der Waals surface area (Å²) in [6.07, 6.45) is 1.18. The third-order valence-corrected chi connectivity index (χ3v) is 7.08. The highest BCUT2D eigenvalue weighted by Crippen LogP contribution is 2.57. The van der Waals surface area contributed by atoms with Gasteiger partial charge < -0.3 is 25.4 Å². The number of hydrogen-bond donors (Lipinski definition) is 4. The first-order valence-corrected chi connectivity index (χ1v) is 11.6. The number of rotatable bonds is 4. The molecule has 0 fully saturated rings. The summed E-state index contributed by atoms with van der Waals surface area (Å²) in [4.78, 5) is 39.4. The first-order valence-electron chi connectivity index (χ1n) is 11.6. The smallest absolute Gasteiger partial charge is 0.194 e. The van der Waals surface area contributed by atoms with E-state index in [4.69, 9.17) is 4.74 Å². The van der Waals surface area contributed by atoms with Crippen molar-refractivity contribution in [1.82, 2.24) is 0 Å². The number of phenols is 3. The van der Waals surface area contributed by atoms with Crippen LogP contribution in [0.3, 0.4) is 0 Å². The standard InChI is InChI=1S/C28H29NO7/c1-11(2)16-9-17(12(3)8-18(16)31)29-14(5)21-19(32)10-20-28(7,27(21)35)23-25(34)13(4)24(33)22(15(6)30)26(23)36-20/h8-11,29,31,33-34H,1-7H3/b21-14+/t28-/m0/s1. The van der Waals surface area contributed by atoms with Gasteiger partial charge in [-0.2, -0.15) is 0 Å². The molecule has 36 heavy (non-hydrogen) atoms. The second kappa shape index (κ2) is 8.26. The van der Waals surface area contributed by atoms with E-state index in [1.807, 2.05) is 13.8 Å². The monoisotopic (exact) mass is 491 g/mol. The number of carbonyl (C=O) groups is 3. The molecule has 0 aromatic heterocycles. The first-order chi connectivity index (χ1) is 16.7. The molecule has 1 aliphatic carbocycles. The fourth-order valence-electron chi connectivity index (χ4n) is 4.93. The Hall–Kier alpha value is -4.07. The Balaban J connectivity index is 1.89. The van der Waals surface area contributed by atoms with E-state index >= 15 is 0 Å².